The van der Waals surface area contributed by atoms with Crippen molar-refractivity contribution >= 4 is 23.0 Å². The maximum atomic E-state index is 13.2. The molecule has 1 heterocycles. The quantitative estimate of drug-likeness (QED) is 0.692. The first kappa shape index (κ1) is 19.2. The van der Waals surface area contributed by atoms with Crippen LogP contribution in [0.4, 0.5) is 0 Å². The molecule has 0 spiro atoms. The molecule has 0 saturated heterocycles. The Hall–Kier alpha value is -3.61. The molecule has 3 rings (SSSR count). The van der Waals surface area contributed by atoms with Gasteiger partial charge in [-0.2, -0.15) is 10.5 Å². The third-order valence-electron chi connectivity index (χ3n) is 4.30. The van der Waals surface area contributed by atoms with Gasteiger partial charge < -0.3 is 4.74 Å². The first-order valence-corrected chi connectivity index (χ1v) is 9.30. The molecule has 0 atom stereocenters. The fraction of sp³-hybridized carbons (Fsp3) is 0.136. The second kappa shape index (κ2) is 7.96. The maximum Gasteiger partial charge on any atom is 0.273 e. The van der Waals surface area contributed by atoms with Crippen LogP contribution in [0.2, 0.25) is 0 Å². The van der Waals surface area contributed by atoms with Crippen LogP contribution >= 0.6 is 11.3 Å². The second-order valence-corrected chi connectivity index (χ2v) is 7.22. The van der Waals surface area contributed by atoms with E-state index < -0.39 is 0 Å². The minimum atomic E-state index is -0.299. The highest BCUT2D eigenvalue weighted by molar-refractivity contribution is 7.07. The van der Waals surface area contributed by atoms with E-state index in [0.717, 1.165) is 28.0 Å². The minimum Gasteiger partial charge on any atom is -0.495 e. The maximum absolute atomic E-state index is 13.2. The topological polar surface area (TPSA) is 78.8 Å². The molecule has 0 amide bonds. The third-order valence-corrected chi connectivity index (χ3v) is 5.39. The van der Waals surface area contributed by atoms with Crippen molar-refractivity contribution in [3.05, 3.63) is 78.7 Å². The summed E-state index contributed by atoms with van der Waals surface area (Å²) in [4.78, 5) is 13.2. The summed E-state index contributed by atoms with van der Waals surface area (Å²) in [5.41, 5.74) is 3.17. The fourth-order valence-electron chi connectivity index (χ4n) is 2.93. The number of hydrogen-bond acceptors (Lipinski definition) is 5. The highest BCUT2D eigenvalue weighted by atomic mass is 32.1. The van der Waals surface area contributed by atoms with E-state index in [4.69, 9.17) is 4.74 Å². The van der Waals surface area contributed by atoms with Gasteiger partial charge in [-0.05, 0) is 43.2 Å². The van der Waals surface area contributed by atoms with Crippen molar-refractivity contribution < 1.29 is 4.74 Å². The molecule has 28 heavy (non-hydrogen) atoms. The Morgan fingerprint density at radius 3 is 2.50 bits per heavy atom. The second-order valence-electron chi connectivity index (χ2n) is 6.19. The molecule has 0 aliphatic heterocycles. The van der Waals surface area contributed by atoms with Gasteiger partial charge in [-0.3, -0.25) is 9.36 Å². The van der Waals surface area contributed by atoms with E-state index >= 15 is 0 Å². The van der Waals surface area contributed by atoms with Gasteiger partial charge in [-0.15, -0.1) is 11.3 Å². The van der Waals surface area contributed by atoms with Gasteiger partial charge in [0, 0.05) is 0 Å². The number of para-hydroxylation sites is 2. The van der Waals surface area contributed by atoms with Crippen molar-refractivity contribution in [3.63, 3.8) is 0 Å². The van der Waals surface area contributed by atoms with Gasteiger partial charge in [0.2, 0.25) is 0 Å². The van der Waals surface area contributed by atoms with E-state index in [9.17, 15) is 15.3 Å². The van der Waals surface area contributed by atoms with Crippen molar-refractivity contribution in [2.24, 2.45) is 0 Å². The summed E-state index contributed by atoms with van der Waals surface area (Å²) in [7, 11) is 1.51. The molecule has 5 nitrogen and oxygen atoms in total. The Morgan fingerprint density at radius 1 is 1.14 bits per heavy atom. The molecule has 0 aliphatic rings. The zero-order chi connectivity index (χ0) is 20.3. The lowest BCUT2D eigenvalue weighted by Gasteiger charge is -2.08. The van der Waals surface area contributed by atoms with Gasteiger partial charge in [-0.1, -0.05) is 35.9 Å². The molecule has 0 fully saturated rings. The molecule has 0 bridgehead atoms. The monoisotopic (exact) mass is 387 g/mol. The SMILES string of the molecule is COc1ccccc1-n1c(=C(C#N)C#N)s/c(=C/c2ccc(C)cc2C)c1=O. The van der Waals surface area contributed by atoms with Crippen molar-refractivity contribution in [2.75, 3.05) is 7.11 Å². The van der Waals surface area contributed by atoms with E-state index in [1.165, 1.54) is 11.7 Å². The lowest BCUT2D eigenvalue weighted by atomic mass is 10.1. The predicted molar refractivity (Wildman–Crippen MR) is 110 cm³/mol. The number of thiazole rings is 1. The lowest BCUT2D eigenvalue weighted by Crippen LogP contribution is -2.31. The number of nitriles is 2. The molecular formula is C22H17N3O2S. The molecule has 2 aromatic carbocycles. The zero-order valence-electron chi connectivity index (χ0n) is 15.7. The highest BCUT2D eigenvalue weighted by Crippen LogP contribution is 2.19. The highest BCUT2D eigenvalue weighted by Gasteiger charge is 2.14. The van der Waals surface area contributed by atoms with Gasteiger partial charge in [0.25, 0.3) is 5.56 Å². The Balaban J connectivity index is 2.44. The average Bonchev–Trinajstić information content (AvgIpc) is 3.01. The van der Waals surface area contributed by atoms with Crippen LogP contribution in [0.15, 0.2) is 47.3 Å². The molecule has 1 aromatic heterocycles. The van der Waals surface area contributed by atoms with Crippen LogP contribution in [-0.4, -0.2) is 11.7 Å². The largest absolute Gasteiger partial charge is 0.495 e. The molecule has 0 radical (unpaired) electrons. The molecule has 0 unspecified atom stereocenters. The average molecular weight is 387 g/mol. The molecule has 3 aromatic rings. The van der Waals surface area contributed by atoms with Gasteiger partial charge in [-0.25, -0.2) is 0 Å². The lowest BCUT2D eigenvalue weighted by molar-refractivity contribution is 0.412. The molecule has 6 heteroatoms. The van der Waals surface area contributed by atoms with Gasteiger partial charge >= 0.3 is 0 Å². The number of methoxy groups -OCH3 is 1. The molecule has 0 saturated carbocycles. The van der Waals surface area contributed by atoms with Crippen LogP contribution in [0.5, 0.6) is 5.75 Å². The third kappa shape index (κ3) is 3.46. The summed E-state index contributed by atoms with van der Waals surface area (Å²) >= 11 is 1.12. The fourth-order valence-corrected chi connectivity index (χ4v) is 3.97. The van der Waals surface area contributed by atoms with Crippen molar-refractivity contribution in [1.82, 2.24) is 4.57 Å². The first-order valence-electron chi connectivity index (χ1n) is 8.49. The van der Waals surface area contributed by atoms with Gasteiger partial charge in [0.15, 0.2) is 5.57 Å². The van der Waals surface area contributed by atoms with Crippen LogP contribution in [0.25, 0.3) is 17.3 Å². The number of aromatic nitrogens is 1. The van der Waals surface area contributed by atoms with E-state index in [1.54, 1.807) is 30.3 Å². The van der Waals surface area contributed by atoms with Crippen molar-refractivity contribution in [2.45, 2.75) is 13.8 Å². The van der Waals surface area contributed by atoms with Crippen LogP contribution < -0.4 is 19.5 Å². The van der Waals surface area contributed by atoms with Crippen LogP contribution in [-0.2, 0) is 0 Å². The smallest absolute Gasteiger partial charge is 0.273 e. The van der Waals surface area contributed by atoms with Gasteiger partial charge in [0.1, 0.15) is 22.6 Å². The summed E-state index contributed by atoms with van der Waals surface area (Å²) in [5.74, 6) is 0.483. The zero-order valence-corrected chi connectivity index (χ0v) is 16.5. The molecule has 0 N–H and O–H groups in total. The van der Waals surface area contributed by atoms with E-state index in [0.29, 0.717) is 16.0 Å². The van der Waals surface area contributed by atoms with E-state index in [1.807, 2.05) is 44.2 Å². The van der Waals surface area contributed by atoms with Crippen molar-refractivity contribution in [3.8, 4) is 23.6 Å². The Bertz CT molecular complexity index is 1300. The number of benzene rings is 2. The summed E-state index contributed by atoms with van der Waals surface area (Å²) in [6.45, 7) is 3.99. The normalized spacial score (nSPS) is 11.0. The number of ether oxygens (including phenoxy) is 1. The van der Waals surface area contributed by atoms with Crippen LogP contribution in [0.3, 0.4) is 0 Å². The Morgan fingerprint density at radius 2 is 1.86 bits per heavy atom. The predicted octanol–water partition coefficient (Wildman–Crippen LogP) is 2.55. The van der Waals surface area contributed by atoms with Gasteiger partial charge in [0.05, 0.1) is 17.3 Å². The number of nitrogens with zero attached hydrogens (tertiary/aromatic N) is 3. The number of rotatable bonds is 3. The number of aryl methyl sites for hydroxylation is 2. The first-order chi connectivity index (χ1) is 13.5. The summed E-state index contributed by atoms with van der Waals surface area (Å²) in [6.07, 6.45) is 1.80. The molecule has 138 valence electrons. The standard InChI is InChI=1S/C22H17N3O2S/c1-14-8-9-16(15(2)10-14)11-20-21(26)25(22(28-20)17(12-23)13-24)18-6-4-5-7-19(18)27-3/h4-11H,1-3H3/b20-11+. The Kier molecular flexibility index (Phi) is 5.44. The number of hydrogen-bond donors (Lipinski definition) is 0. The summed E-state index contributed by atoms with van der Waals surface area (Å²) in [5, 5.41) is 18.8. The van der Waals surface area contributed by atoms with E-state index in [2.05, 4.69) is 0 Å². The summed E-state index contributed by atoms with van der Waals surface area (Å²) < 4.78 is 7.48. The minimum absolute atomic E-state index is 0.117. The molecule has 0 aliphatic carbocycles. The van der Waals surface area contributed by atoms with E-state index in [-0.39, 0.29) is 15.8 Å². The summed E-state index contributed by atoms with van der Waals surface area (Å²) in [6, 6.07) is 16.8. The molecular weight excluding hydrogens is 370 g/mol. The Labute approximate surface area is 166 Å². The van der Waals surface area contributed by atoms with Crippen molar-refractivity contribution in [1.29, 1.82) is 10.5 Å². The van der Waals surface area contributed by atoms with Crippen LogP contribution in [0, 0.1) is 36.5 Å². The van der Waals surface area contributed by atoms with Crippen LogP contribution in [0.1, 0.15) is 16.7 Å².